The highest BCUT2D eigenvalue weighted by atomic mass is 35.5. The second-order valence-corrected chi connectivity index (χ2v) is 42.3. The number of halogens is 1. The van der Waals surface area contributed by atoms with E-state index in [0.29, 0.717) is 78.9 Å². The number of carboxylic acids is 1. The number of likely N-dealkylation sites (tertiary alicyclic amines) is 3. The molecule has 10 aromatic carbocycles. The number of hydrogen-bond acceptors (Lipinski definition) is 21. The quantitative estimate of drug-likeness (QED) is 0.0178. The van der Waals surface area contributed by atoms with Crippen LogP contribution in [0.25, 0.3) is 0 Å². The van der Waals surface area contributed by atoms with Crippen LogP contribution in [0.3, 0.4) is 0 Å². The fourth-order valence-electron chi connectivity index (χ4n) is 17.3. The van der Waals surface area contributed by atoms with Gasteiger partial charge in [-0.15, -0.1) is 35.3 Å². The van der Waals surface area contributed by atoms with Gasteiger partial charge in [0.15, 0.2) is 34.2 Å². The standard InChI is InChI=1S/C37H45NO6S.C37H47NO4S.C33H37NO6S.C7H5ClO2/c1-24-20-26(21-25(2)33(24)43-37(6,7)34(40)44-36(3,4)5)14-15-28-22-38(35(41)42-29-12-10-9-11-13-29)23-31(28)32(39)27-16-18-30(45-8)19-17-27;1-25-20-28(21-26(2)34(25)41-37(6,7)35(40)42-36(3,4)5)14-15-30-23-38(22-27-12-10-9-11-13-27)24-32(30)33(39)29-16-18-31(43-8)19-17-29;1-21-17-23(18-22(2)30(21)40-33(3,4)31(36)37)11-12-25-19-34(32(38)39-26-9-7-6-8-10-26)20-28(25)29(35)24-13-15-27(41-5)16-14-24;8-7(9)10-6-4-2-1-3-5-6/h9-13,16-21,28,31H,14-15,22-23H2,1-8H3;9-13,16-21,30,32H,14-15,22-24H2,1-8H3;6-10,13-18,25,28H,11-12,19-20H2,1-5H3,(H,36,37);1-5H/t28-,31-;30-,32-;25-,28-;/m000./s1. The van der Waals surface area contributed by atoms with Crippen LogP contribution in [0, 0.1) is 77.0 Å². The molecule has 3 heterocycles. The minimum atomic E-state index is -1.35. The lowest BCUT2D eigenvalue weighted by molar-refractivity contribution is -0.171. The van der Waals surface area contributed by atoms with Gasteiger partial charge in [-0.05, 0) is 328 Å². The summed E-state index contributed by atoms with van der Waals surface area (Å²) in [5, 5.41) is 9.48. The summed E-state index contributed by atoms with van der Waals surface area (Å²) in [5.41, 5.74) is 6.67. The summed E-state index contributed by atoms with van der Waals surface area (Å²) in [4.78, 5) is 124. The molecule has 6 atom stereocenters. The van der Waals surface area contributed by atoms with Crippen LogP contribution >= 0.6 is 46.9 Å². The predicted molar refractivity (Wildman–Crippen MR) is 553 cm³/mol. The lowest BCUT2D eigenvalue weighted by atomic mass is 9.84. The molecule has 0 bridgehead atoms. The van der Waals surface area contributed by atoms with Crippen molar-refractivity contribution >= 4 is 99.8 Å². The number of carboxylic acid groups (broad SMARTS) is 1. The zero-order valence-corrected chi connectivity index (χ0v) is 87.1. The number of nitrogens with zero attached hydrogens (tertiary/aromatic N) is 3. The topological polar surface area (TPSA) is 257 Å². The van der Waals surface area contributed by atoms with Crippen LogP contribution in [-0.4, -0.2) is 159 Å². The molecule has 3 saturated heterocycles. The van der Waals surface area contributed by atoms with E-state index in [2.05, 4.69) is 64.4 Å². The number of esters is 2. The Kier molecular flexibility index (Phi) is 38.9. The molecule has 10 aromatic rings. The van der Waals surface area contributed by atoms with Crippen LogP contribution in [0.4, 0.5) is 14.4 Å². The number of rotatable bonds is 32. The first-order chi connectivity index (χ1) is 65.7. The van der Waals surface area contributed by atoms with Crippen molar-refractivity contribution in [2.75, 3.05) is 58.0 Å². The SMILES string of the molecule is CSc1ccc(C(=O)[C@H]2CN(C(=O)Oc3ccccc3)C[C@@H]2CCc2cc(C)c(OC(C)(C)C(=O)O)c(C)c2)cc1.CSc1ccc(C(=O)[C@H]2CN(C(=O)Oc3ccccc3)C[C@@H]2CCc2cc(C)c(OC(C)(C)C(=O)OC(C)(C)C)c(C)c2)cc1.CSc1ccc(C(=O)[C@H]2CN(Cc3ccccc3)C[C@@H]2CCc2cc(C)c(OC(C)(C)C(=O)OC(C)(C)C)c(C)c2)cc1.O=C(Cl)Oc1ccccc1. The molecule has 738 valence electrons. The maximum absolute atomic E-state index is 13.8. The molecule has 139 heavy (non-hydrogen) atoms. The Bertz CT molecular complexity index is 5800. The van der Waals surface area contributed by atoms with Crippen LogP contribution in [0.2, 0.25) is 0 Å². The van der Waals surface area contributed by atoms with Crippen molar-refractivity contribution in [2.45, 2.75) is 212 Å². The Balaban J connectivity index is 0.000000204. The minimum Gasteiger partial charge on any atom is -0.478 e. The first kappa shape index (κ1) is 109. The van der Waals surface area contributed by atoms with E-state index in [0.717, 1.165) is 116 Å². The van der Waals surface area contributed by atoms with E-state index < -0.39 is 57.6 Å². The number of para-hydroxylation sites is 3. The Morgan fingerprint density at radius 3 is 0.899 bits per heavy atom. The first-order valence-electron chi connectivity index (χ1n) is 47.0. The average molecular weight is 1970 g/mol. The number of benzene rings is 10. The molecule has 1 N–H and O–H groups in total. The van der Waals surface area contributed by atoms with Gasteiger partial charge in [-0.2, -0.15) is 0 Å². The smallest absolute Gasteiger partial charge is 0.415 e. The summed E-state index contributed by atoms with van der Waals surface area (Å²) in [5.74, 6) is 1.28. The fourth-order valence-corrected chi connectivity index (χ4v) is 18.6. The first-order valence-corrected chi connectivity index (χ1v) is 51.1. The van der Waals surface area contributed by atoms with Crippen molar-refractivity contribution in [3.8, 4) is 34.5 Å². The van der Waals surface area contributed by atoms with Gasteiger partial charge in [-0.3, -0.25) is 19.3 Å². The van der Waals surface area contributed by atoms with Gasteiger partial charge in [0.05, 0.1) is 0 Å². The Morgan fingerprint density at radius 1 is 0.345 bits per heavy atom. The molecule has 13 rings (SSSR count). The molecular formula is C114H134ClN3O18S3. The number of Topliss-reactive ketones (excluding diaryl/α,β-unsaturated/α-hetero) is 3. The maximum atomic E-state index is 13.8. The molecule has 0 radical (unpaired) electrons. The summed E-state index contributed by atoms with van der Waals surface area (Å²) >= 11 is 9.89. The normalized spacial score (nSPS) is 16.5. The number of aliphatic carboxylic acids is 1. The average Bonchev–Trinajstić information content (AvgIpc) is 1.45. The monoisotopic (exact) mass is 1960 g/mol. The van der Waals surface area contributed by atoms with Crippen LogP contribution in [-0.2, 0) is 49.7 Å². The van der Waals surface area contributed by atoms with Crippen molar-refractivity contribution in [2.24, 2.45) is 35.5 Å². The number of ketones is 3. The number of ether oxygens (including phenoxy) is 8. The summed E-state index contributed by atoms with van der Waals surface area (Å²) in [6.07, 6.45) is 9.79. The van der Waals surface area contributed by atoms with Crippen LogP contribution in [0.1, 0.15) is 189 Å². The van der Waals surface area contributed by atoms with Gasteiger partial charge in [0.2, 0.25) is 0 Å². The fraction of sp³-hybridized carbons (Fsp3) is 0.395. The summed E-state index contributed by atoms with van der Waals surface area (Å²) in [6, 6.07) is 72.9. The lowest BCUT2D eigenvalue weighted by Gasteiger charge is -2.30. The summed E-state index contributed by atoms with van der Waals surface area (Å²) in [6.45, 7) is 36.9. The van der Waals surface area contributed by atoms with Crippen molar-refractivity contribution in [3.63, 3.8) is 0 Å². The highest BCUT2D eigenvalue weighted by Crippen LogP contribution is 2.41. The van der Waals surface area contributed by atoms with E-state index in [1.54, 1.807) is 121 Å². The highest BCUT2D eigenvalue weighted by molar-refractivity contribution is 7.99. The van der Waals surface area contributed by atoms with Crippen molar-refractivity contribution in [3.05, 3.63) is 303 Å². The molecule has 0 aromatic heterocycles. The molecule has 21 nitrogen and oxygen atoms in total. The number of carbonyl (C=O) groups is 9. The summed E-state index contributed by atoms with van der Waals surface area (Å²) in [7, 11) is 0. The third-order valence-electron chi connectivity index (χ3n) is 24.5. The second-order valence-electron chi connectivity index (χ2n) is 39.3. The number of hydrogen-bond donors (Lipinski definition) is 1. The van der Waals surface area contributed by atoms with Gasteiger partial charge in [-0.1, -0.05) is 158 Å². The Labute approximate surface area is 838 Å². The van der Waals surface area contributed by atoms with Gasteiger partial charge in [0, 0.05) is 107 Å². The summed E-state index contributed by atoms with van der Waals surface area (Å²) < 4.78 is 45.3. The molecular weight excluding hydrogens is 1830 g/mol. The molecule has 25 heteroatoms. The van der Waals surface area contributed by atoms with Crippen LogP contribution < -0.4 is 28.4 Å². The molecule has 0 saturated carbocycles. The van der Waals surface area contributed by atoms with Crippen molar-refractivity contribution < 1.29 is 86.2 Å². The molecule has 3 aliphatic heterocycles. The van der Waals surface area contributed by atoms with Gasteiger partial charge < -0.3 is 52.8 Å². The van der Waals surface area contributed by atoms with Gasteiger partial charge >= 0.3 is 35.5 Å². The van der Waals surface area contributed by atoms with Crippen molar-refractivity contribution in [1.29, 1.82) is 0 Å². The minimum absolute atomic E-state index is 0.0321. The van der Waals surface area contributed by atoms with Crippen LogP contribution in [0.15, 0.2) is 245 Å². The molecule has 0 spiro atoms. The van der Waals surface area contributed by atoms with Gasteiger partial charge in [-0.25, -0.2) is 28.8 Å². The number of aryl methyl sites for hydroxylation is 9. The lowest BCUT2D eigenvalue weighted by Crippen LogP contribution is -2.43. The largest absolute Gasteiger partial charge is 0.478 e. The van der Waals surface area contributed by atoms with E-state index in [1.807, 2.05) is 229 Å². The van der Waals surface area contributed by atoms with E-state index in [-0.39, 0.29) is 58.8 Å². The number of carbonyl (C=O) groups excluding carboxylic acids is 8. The second kappa shape index (κ2) is 49.4. The number of amides is 2. The molecule has 0 aliphatic carbocycles. The van der Waals surface area contributed by atoms with Crippen molar-refractivity contribution in [1.82, 2.24) is 14.7 Å². The third kappa shape index (κ3) is 32.2. The van der Waals surface area contributed by atoms with E-state index in [4.69, 9.17) is 44.8 Å². The number of thioether (sulfide) groups is 3. The third-order valence-corrected chi connectivity index (χ3v) is 26.8. The van der Waals surface area contributed by atoms with E-state index in [1.165, 1.54) is 25.0 Å². The van der Waals surface area contributed by atoms with E-state index in [9.17, 15) is 48.3 Å². The molecule has 2 amide bonds. The maximum Gasteiger partial charge on any atom is 0.415 e. The predicted octanol–water partition coefficient (Wildman–Crippen LogP) is 25.4. The zero-order valence-electron chi connectivity index (χ0n) is 83.9. The molecule has 3 aliphatic rings. The van der Waals surface area contributed by atoms with E-state index >= 15 is 0 Å². The molecule has 3 fully saturated rings. The van der Waals surface area contributed by atoms with Gasteiger partial charge in [0.1, 0.15) is 45.7 Å². The van der Waals surface area contributed by atoms with Gasteiger partial charge in [0.25, 0.3) is 0 Å². The zero-order chi connectivity index (χ0) is 101. The molecule has 0 unspecified atom stereocenters. The van der Waals surface area contributed by atoms with Crippen LogP contribution in [0.5, 0.6) is 34.5 Å². The Morgan fingerprint density at radius 2 is 0.619 bits per heavy atom. The highest BCUT2D eigenvalue weighted by Gasteiger charge is 2.45. The Hall–Kier alpha value is -11.7.